The molecule has 2 aliphatic heterocycles. The van der Waals surface area contributed by atoms with Gasteiger partial charge in [-0.05, 0) is 167 Å². The van der Waals surface area contributed by atoms with Crippen molar-refractivity contribution in [2.45, 2.75) is 130 Å². The molecule has 7 heteroatoms. The summed E-state index contributed by atoms with van der Waals surface area (Å²) < 4.78 is 5.72. The first-order chi connectivity index (χ1) is 28.0. The number of Topliss-reactive ketones (excluding diaryl/α,β-unsaturated/α-hetero) is 3. The highest BCUT2D eigenvalue weighted by atomic mass is 16.5. The second-order valence-corrected chi connectivity index (χ2v) is 19.5. The maximum Gasteiger partial charge on any atom is 0.163 e. The summed E-state index contributed by atoms with van der Waals surface area (Å²) >= 11 is 0. The van der Waals surface area contributed by atoms with Gasteiger partial charge < -0.3 is 14.5 Å². The summed E-state index contributed by atoms with van der Waals surface area (Å²) in [5, 5.41) is 0. The lowest BCUT2D eigenvalue weighted by molar-refractivity contribution is -0.127. The number of piperazine rings is 1. The first-order valence-electron chi connectivity index (χ1n) is 23.0. The van der Waals surface area contributed by atoms with E-state index in [1.54, 1.807) is 0 Å². The highest BCUT2D eigenvalue weighted by Crippen LogP contribution is 2.61. The monoisotopic (exact) mass is 788 g/mol. The van der Waals surface area contributed by atoms with Crippen molar-refractivity contribution < 1.29 is 19.1 Å². The molecule has 9 rings (SSSR count). The average molecular weight is 788 g/mol. The number of carbonyl (C=O) groups is 3. The van der Waals surface area contributed by atoms with Crippen LogP contribution in [0.15, 0.2) is 59.2 Å². The number of ether oxygens (including phenoxy) is 1. The molecule has 7 nitrogen and oxygen atoms in total. The third-order valence-corrected chi connectivity index (χ3v) is 15.1. The summed E-state index contributed by atoms with van der Waals surface area (Å²) in [6.45, 7) is 16.9. The molecule has 2 saturated heterocycles. The predicted octanol–water partition coefficient (Wildman–Crippen LogP) is 9.94. The smallest absolute Gasteiger partial charge is 0.163 e. The summed E-state index contributed by atoms with van der Waals surface area (Å²) in [4.78, 5) is 47.8. The lowest BCUT2D eigenvalue weighted by Crippen LogP contribution is -2.47. The van der Waals surface area contributed by atoms with Crippen LogP contribution >= 0.6 is 0 Å². The van der Waals surface area contributed by atoms with Gasteiger partial charge in [0.1, 0.15) is 5.78 Å². The highest BCUT2D eigenvalue weighted by Gasteiger charge is 2.51. The molecule has 2 aromatic rings. The molecule has 2 heterocycles. The number of nitrogens with zero attached hydrogens (tertiary/aromatic N) is 3. The quantitative estimate of drug-likeness (QED) is 0.157. The van der Waals surface area contributed by atoms with Crippen LogP contribution in [0.1, 0.15) is 132 Å². The second kappa shape index (κ2) is 18.1. The fourth-order valence-electron chi connectivity index (χ4n) is 12.6. The van der Waals surface area contributed by atoms with E-state index >= 15 is 0 Å². The van der Waals surface area contributed by atoms with Gasteiger partial charge in [0.2, 0.25) is 0 Å². The third kappa shape index (κ3) is 9.48. The van der Waals surface area contributed by atoms with Gasteiger partial charge in [-0.3, -0.25) is 19.3 Å². The number of hydrogen-bond acceptors (Lipinski definition) is 7. The van der Waals surface area contributed by atoms with E-state index in [-0.39, 0.29) is 11.6 Å². The first-order valence-corrected chi connectivity index (χ1v) is 23.0. The number of benzene rings is 2. The van der Waals surface area contributed by atoms with Crippen molar-refractivity contribution in [2.24, 2.45) is 23.2 Å². The van der Waals surface area contributed by atoms with Crippen molar-refractivity contribution in [3.63, 3.8) is 0 Å². The Morgan fingerprint density at radius 2 is 1.50 bits per heavy atom. The molecule has 312 valence electrons. The molecule has 2 aromatic carbocycles. The minimum atomic E-state index is 0.0999. The number of ketones is 3. The molecule has 4 saturated carbocycles. The van der Waals surface area contributed by atoms with Gasteiger partial charge in [-0.2, -0.15) is 0 Å². The molecule has 0 radical (unpaired) electrons. The Morgan fingerprint density at radius 1 is 0.845 bits per heavy atom. The minimum absolute atomic E-state index is 0.0999. The molecule has 7 aliphatic rings. The van der Waals surface area contributed by atoms with Crippen LogP contribution < -0.4 is 4.90 Å². The SMILES string of the molecule is CCN(c1cc(-c2ccc(CN3CCN(CCCC(=O)CC45CC6CC(CC(C6)C4)C5)CC3)cc2)cc(C(=O)CCC2=C(C)C=C(C)CC2=O)c1C)C1CCOCC1. The van der Waals surface area contributed by atoms with Crippen molar-refractivity contribution in [1.82, 2.24) is 9.80 Å². The lowest BCUT2D eigenvalue weighted by atomic mass is 9.48. The normalized spacial score (nSPS) is 26.7. The Labute approximate surface area is 348 Å². The zero-order valence-corrected chi connectivity index (χ0v) is 36.1. The van der Waals surface area contributed by atoms with E-state index in [9.17, 15) is 14.4 Å². The van der Waals surface area contributed by atoms with Crippen LogP contribution in [0.25, 0.3) is 11.1 Å². The summed E-state index contributed by atoms with van der Waals surface area (Å²) in [5.41, 5.74) is 9.66. The van der Waals surface area contributed by atoms with E-state index in [1.807, 2.05) is 13.8 Å². The van der Waals surface area contributed by atoms with Crippen molar-refractivity contribution in [3.8, 4) is 11.1 Å². The molecule has 6 fully saturated rings. The third-order valence-electron chi connectivity index (χ3n) is 15.1. The maximum atomic E-state index is 14.1. The van der Waals surface area contributed by atoms with Crippen LogP contribution in [0.5, 0.6) is 0 Å². The van der Waals surface area contributed by atoms with Crippen LogP contribution in [-0.4, -0.2) is 85.7 Å². The Bertz CT molecular complexity index is 1860. The molecule has 0 atom stereocenters. The molecule has 0 spiro atoms. The van der Waals surface area contributed by atoms with Crippen LogP contribution in [0.2, 0.25) is 0 Å². The van der Waals surface area contributed by atoms with Crippen molar-refractivity contribution in [2.75, 3.05) is 57.4 Å². The topological polar surface area (TPSA) is 70.2 Å². The van der Waals surface area contributed by atoms with E-state index in [2.05, 4.69) is 71.0 Å². The van der Waals surface area contributed by atoms with Crippen LogP contribution in [-0.2, 0) is 20.9 Å². The summed E-state index contributed by atoms with van der Waals surface area (Å²) in [7, 11) is 0. The van der Waals surface area contributed by atoms with Gasteiger partial charge >= 0.3 is 0 Å². The molecule has 0 amide bonds. The zero-order chi connectivity index (χ0) is 40.4. The molecule has 4 bridgehead atoms. The summed E-state index contributed by atoms with van der Waals surface area (Å²) in [6, 6.07) is 13.7. The van der Waals surface area contributed by atoms with Gasteiger partial charge in [-0.25, -0.2) is 0 Å². The summed E-state index contributed by atoms with van der Waals surface area (Å²) in [5.74, 6) is 3.54. The second-order valence-electron chi connectivity index (χ2n) is 19.5. The first kappa shape index (κ1) is 41.3. The van der Waals surface area contributed by atoms with E-state index in [1.165, 1.54) is 44.1 Å². The largest absolute Gasteiger partial charge is 0.381 e. The molecule has 0 unspecified atom stereocenters. The highest BCUT2D eigenvalue weighted by molar-refractivity contribution is 6.03. The number of hydrogen-bond donors (Lipinski definition) is 0. The van der Waals surface area contributed by atoms with E-state index < -0.39 is 0 Å². The van der Waals surface area contributed by atoms with Crippen LogP contribution in [0, 0.1) is 30.1 Å². The fraction of sp³-hybridized carbons (Fsp3) is 0.627. The van der Waals surface area contributed by atoms with Gasteiger partial charge in [0.05, 0.1) is 0 Å². The van der Waals surface area contributed by atoms with Gasteiger partial charge in [-0.15, -0.1) is 0 Å². The maximum absolute atomic E-state index is 14.1. The van der Waals surface area contributed by atoms with Crippen molar-refractivity contribution in [3.05, 3.63) is 75.9 Å². The van der Waals surface area contributed by atoms with Crippen LogP contribution in [0.4, 0.5) is 5.69 Å². The van der Waals surface area contributed by atoms with Gasteiger partial charge in [0.15, 0.2) is 11.6 Å². The molecular weight excluding hydrogens is 719 g/mol. The standard InChI is InChI=1S/C51H69N3O4/c1-5-54(44-14-21-58-22-15-44)48-29-43(28-47(37(48)4)49(56)13-12-46-36(3)23-35(2)24-50(46)57)42-10-8-38(9-11-42)34-53-19-17-52(18-20-53)16-6-7-45(55)33-51-30-39-25-40(31-51)27-41(26-39)32-51/h8-11,23,28-29,39-41,44H,5-7,12-22,24-27,30-34H2,1-4H3. The number of rotatable bonds is 16. The zero-order valence-electron chi connectivity index (χ0n) is 36.1. The molecule has 58 heavy (non-hydrogen) atoms. The van der Waals surface area contributed by atoms with Crippen LogP contribution in [0.3, 0.4) is 0 Å². The Kier molecular flexibility index (Phi) is 12.9. The van der Waals surface area contributed by atoms with E-state index in [4.69, 9.17) is 4.74 Å². The Balaban J connectivity index is 0.876. The van der Waals surface area contributed by atoms with E-state index in [0.29, 0.717) is 36.5 Å². The minimum Gasteiger partial charge on any atom is -0.381 e. The predicted molar refractivity (Wildman–Crippen MR) is 234 cm³/mol. The molecule has 0 N–H and O–H groups in total. The summed E-state index contributed by atoms with van der Waals surface area (Å²) in [6.07, 6.45) is 16.3. The molecule has 0 aromatic heterocycles. The van der Waals surface area contributed by atoms with Gasteiger partial charge in [0.25, 0.3) is 0 Å². The van der Waals surface area contributed by atoms with Crippen molar-refractivity contribution >= 4 is 23.0 Å². The fourth-order valence-corrected chi connectivity index (χ4v) is 12.6. The molecular formula is C51H69N3O4. The van der Waals surface area contributed by atoms with Gasteiger partial charge in [-0.1, -0.05) is 35.9 Å². The van der Waals surface area contributed by atoms with Crippen molar-refractivity contribution in [1.29, 1.82) is 0 Å². The average Bonchev–Trinajstić information content (AvgIpc) is 3.19. The molecule has 5 aliphatic carbocycles. The Hall–Kier alpha value is -3.39. The lowest BCUT2D eigenvalue weighted by Gasteiger charge is -2.56. The number of anilines is 1. The van der Waals surface area contributed by atoms with E-state index in [0.717, 1.165) is 154 Å². The Morgan fingerprint density at radius 3 is 2.14 bits per heavy atom. The van der Waals surface area contributed by atoms with Gasteiger partial charge in [0, 0.05) is 95.5 Å². The number of carbonyl (C=O) groups excluding carboxylic acids is 3. The number of allylic oxidation sites excluding steroid dienone is 4.